The molecule has 2 aromatic carbocycles. The first-order valence-corrected chi connectivity index (χ1v) is 10.1. The number of carbonyl (C=O) groups is 1. The highest BCUT2D eigenvalue weighted by Gasteiger charge is 2.28. The van der Waals surface area contributed by atoms with Crippen LogP contribution in [-0.4, -0.2) is 69.8 Å². The fourth-order valence-corrected chi connectivity index (χ4v) is 3.90. The molecule has 0 unspecified atom stereocenters. The molecule has 3 rings (SSSR count). The molecule has 0 aromatic heterocycles. The van der Waals surface area contributed by atoms with Crippen LogP contribution in [0.5, 0.6) is 5.75 Å². The van der Waals surface area contributed by atoms with Gasteiger partial charge < -0.3 is 24.2 Å². The molecule has 2 atom stereocenters. The summed E-state index contributed by atoms with van der Waals surface area (Å²) in [7, 11) is 5.22. The Bertz CT molecular complexity index is 830. The molecule has 0 radical (unpaired) electrons. The van der Waals surface area contributed by atoms with Crippen LogP contribution in [0.25, 0.3) is 0 Å². The number of ether oxygens (including phenoxy) is 3. The highest BCUT2D eigenvalue weighted by Crippen LogP contribution is 2.35. The SMILES string of the molecule is COCO[C@H]1CCN(C[C@H](c2ccccc2)N(C)c2ccc(C(=O)O)cc2OC)C1. The third kappa shape index (κ3) is 5.30. The molecule has 0 amide bonds. The summed E-state index contributed by atoms with van der Waals surface area (Å²) in [5.74, 6) is -0.428. The first kappa shape index (κ1) is 22.1. The van der Waals surface area contributed by atoms with Gasteiger partial charge in [0.2, 0.25) is 0 Å². The van der Waals surface area contributed by atoms with Gasteiger partial charge in [-0.15, -0.1) is 0 Å². The van der Waals surface area contributed by atoms with Gasteiger partial charge in [-0.3, -0.25) is 4.90 Å². The van der Waals surface area contributed by atoms with Crippen LogP contribution in [0.15, 0.2) is 48.5 Å². The zero-order valence-electron chi connectivity index (χ0n) is 17.8. The van der Waals surface area contributed by atoms with Gasteiger partial charge in [0.25, 0.3) is 0 Å². The Kier molecular flexibility index (Phi) is 7.68. The number of anilines is 1. The van der Waals surface area contributed by atoms with E-state index in [1.54, 1.807) is 26.4 Å². The molecule has 1 fully saturated rings. The van der Waals surface area contributed by atoms with E-state index in [1.165, 1.54) is 5.56 Å². The lowest BCUT2D eigenvalue weighted by Crippen LogP contribution is -2.36. The van der Waals surface area contributed by atoms with Crippen molar-refractivity contribution in [3.63, 3.8) is 0 Å². The second-order valence-corrected chi connectivity index (χ2v) is 7.47. The van der Waals surface area contributed by atoms with Crippen molar-refractivity contribution in [2.24, 2.45) is 0 Å². The van der Waals surface area contributed by atoms with Gasteiger partial charge in [-0.25, -0.2) is 4.79 Å². The van der Waals surface area contributed by atoms with E-state index >= 15 is 0 Å². The van der Waals surface area contributed by atoms with Gasteiger partial charge in [-0.2, -0.15) is 0 Å². The number of benzene rings is 2. The maximum atomic E-state index is 11.3. The van der Waals surface area contributed by atoms with Crippen LogP contribution in [0.4, 0.5) is 5.69 Å². The number of hydrogen-bond donors (Lipinski definition) is 1. The van der Waals surface area contributed by atoms with Crippen molar-refractivity contribution in [3.8, 4) is 5.75 Å². The Morgan fingerprint density at radius 1 is 1.23 bits per heavy atom. The first-order valence-electron chi connectivity index (χ1n) is 10.1. The van der Waals surface area contributed by atoms with Gasteiger partial charge in [0.1, 0.15) is 12.5 Å². The fourth-order valence-electron chi connectivity index (χ4n) is 3.90. The molecule has 1 heterocycles. The zero-order valence-corrected chi connectivity index (χ0v) is 17.8. The minimum absolute atomic E-state index is 0.0666. The van der Waals surface area contributed by atoms with Crippen LogP contribution in [0.2, 0.25) is 0 Å². The van der Waals surface area contributed by atoms with E-state index in [0.29, 0.717) is 12.5 Å². The lowest BCUT2D eigenvalue weighted by molar-refractivity contribution is -0.0671. The van der Waals surface area contributed by atoms with Crippen LogP contribution >= 0.6 is 0 Å². The van der Waals surface area contributed by atoms with E-state index in [0.717, 1.165) is 31.7 Å². The van der Waals surface area contributed by atoms with Gasteiger partial charge >= 0.3 is 5.97 Å². The normalized spacial score (nSPS) is 17.6. The number of rotatable bonds is 10. The quantitative estimate of drug-likeness (QED) is 0.598. The van der Waals surface area contributed by atoms with Crippen molar-refractivity contribution in [1.82, 2.24) is 4.90 Å². The Morgan fingerprint density at radius 2 is 2.00 bits per heavy atom. The van der Waals surface area contributed by atoms with Crippen LogP contribution in [0, 0.1) is 0 Å². The van der Waals surface area contributed by atoms with Crippen LogP contribution < -0.4 is 9.64 Å². The molecule has 1 aliphatic rings. The number of nitrogens with zero attached hydrogens (tertiary/aromatic N) is 2. The Morgan fingerprint density at radius 3 is 2.67 bits per heavy atom. The van der Waals surface area contributed by atoms with Gasteiger partial charge in [0.15, 0.2) is 0 Å². The molecule has 1 N–H and O–H groups in total. The summed E-state index contributed by atoms with van der Waals surface area (Å²) in [6, 6.07) is 15.4. The lowest BCUT2D eigenvalue weighted by Gasteiger charge is -2.34. The highest BCUT2D eigenvalue weighted by molar-refractivity contribution is 5.89. The molecule has 30 heavy (non-hydrogen) atoms. The van der Waals surface area contributed by atoms with Crippen LogP contribution in [0.1, 0.15) is 28.4 Å². The molecule has 7 heteroatoms. The Balaban J connectivity index is 1.84. The van der Waals surface area contributed by atoms with E-state index < -0.39 is 5.97 Å². The number of likely N-dealkylation sites (tertiary alicyclic amines) is 1. The number of carboxylic acids is 1. The standard InChI is InChI=1S/C23H30N2O5/c1-24(20-10-9-18(23(26)27)13-22(20)29-3)21(17-7-5-4-6-8-17)15-25-12-11-19(14-25)30-16-28-2/h4-10,13,19,21H,11-12,14-16H2,1-3H3,(H,26,27)/t19-,21+/m0/s1. The monoisotopic (exact) mass is 414 g/mol. The second kappa shape index (κ2) is 10.4. The third-order valence-electron chi connectivity index (χ3n) is 5.54. The van der Waals surface area contributed by atoms with Gasteiger partial charge in [0, 0.05) is 33.8 Å². The summed E-state index contributed by atoms with van der Waals surface area (Å²) in [5.41, 5.74) is 2.24. The predicted molar refractivity (Wildman–Crippen MR) is 115 cm³/mol. The average molecular weight is 415 g/mol. The van der Waals surface area contributed by atoms with Gasteiger partial charge in [-0.1, -0.05) is 30.3 Å². The summed E-state index contributed by atoms with van der Waals surface area (Å²) in [4.78, 5) is 15.9. The first-order chi connectivity index (χ1) is 14.5. The zero-order chi connectivity index (χ0) is 21.5. The predicted octanol–water partition coefficient (Wildman–Crippen LogP) is 3.27. The number of carboxylic acid groups (broad SMARTS) is 1. The van der Waals surface area contributed by atoms with E-state index in [9.17, 15) is 9.90 Å². The van der Waals surface area contributed by atoms with Gasteiger partial charge in [-0.05, 0) is 30.2 Å². The van der Waals surface area contributed by atoms with Crippen LogP contribution in [0.3, 0.4) is 0 Å². The van der Waals surface area contributed by atoms with E-state index in [-0.39, 0.29) is 17.7 Å². The Labute approximate surface area is 177 Å². The molecule has 1 saturated heterocycles. The molecule has 0 saturated carbocycles. The highest BCUT2D eigenvalue weighted by atomic mass is 16.7. The van der Waals surface area contributed by atoms with E-state index in [1.807, 2.05) is 31.3 Å². The molecule has 1 aliphatic heterocycles. The fraction of sp³-hybridized carbons (Fsp3) is 0.435. The smallest absolute Gasteiger partial charge is 0.335 e. The minimum Gasteiger partial charge on any atom is -0.495 e. The van der Waals surface area contributed by atoms with Crippen molar-refractivity contribution in [2.75, 3.05) is 52.6 Å². The number of hydrogen-bond acceptors (Lipinski definition) is 6. The maximum Gasteiger partial charge on any atom is 0.335 e. The topological polar surface area (TPSA) is 71.5 Å². The number of aromatic carboxylic acids is 1. The average Bonchev–Trinajstić information content (AvgIpc) is 3.23. The molecule has 0 bridgehead atoms. The summed E-state index contributed by atoms with van der Waals surface area (Å²) in [6.45, 7) is 2.95. The minimum atomic E-state index is -0.971. The van der Waals surface area contributed by atoms with E-state index in [2.05, 4.69) is 21.9 Å². The number of likely N-dealkylation sites (N-methyl/N-ethyl adjacent to an activating group) is 1. The molecule has 0 aliphatic carbocycles. The third-order valence-corrected chi connectivity index (χ3v) is 5.54. The largest absolute Gasteiger partial charge is 0.495 e. The molecule has 7 nitrogen and oxygen atoms in total. The molecular weight excluding hydrogens is 384 g/mol. The summed E-state index contributed by atoms with van der Waals surface area (Å²) >= 11 is 0. The van der Waals surface area contributed by atoms with Crippen molar-refractivity contribution < 1.29 is 24.1 Å². The van der Waals surface area contributed by atoms with Crippen LogP contribution in [-0.2, 0) is 9.47 Å². The van der Waals surface area contributed by atoms with E-state index in [4.69, 9.17) is 14.2 Å². The summed E-state index contributed by atoms with van der Waals surface area (Å²) in [6.07, 6.45) is 1.15. The maximum absolute atomic E-state index is 11.3. The number of methoxy groups -OCH3 is 2. The lowest BCUT2D eigenvalue weighted by atomic mass is 10.0. The van der Waals surface area contributed by atoms with Crippen molar-refractivity contribution in [2.45, 2.75) is 18.6 Å². The molecule has 2 aromatic rings. The molecular formula is C23H30N2O5. The van der Waals surface area contributed by atoms with Gasteiger partial charge in [0.05, 0.1) is 30.5 Å². The van der Waals surface area contributed by atoms with Crippen molar-refractivity contribution in [3.05, 3.63) is 59.7 Å². The summed E-state index contributed by atoms with van der Waals surface area (Å²) in [5, 5.41) is 9.30. The second-order valence-electron chi connectivity index (χ2n) is 7.47. The molecule has 0 spiro atoms. The van der Waals surface area contributed by atoms with Crippen molar-refractivity contribution >= 4 is 11.7 Å². The Hall–Kier alpha value is -2.61. The molecule has 162 valence electrons. The van der Waals surface area contributed by atoms with Crippen molar-refractivity contribution in [1.29, 1.82) is 0 Å². The summed E-state index contributed by atoms with van der Waals surface area (Å²) < 4.78 is 16.3.